The number of carboxylic acid groups (broad SMARTS) is 1. The van der Waals surface area contributed by atoms with Crippen molar-refractivity contribution in [1.29, 1.82) is 0 Å². The molecule has 1 aromatic rings. The van der Waals surface area contributed by atoms with Gasteiger partial charge in [0.05, 0.1) is 12.0 Å². The van der Waals surface area contributed by atoms with Crippen molar-refractivity contribution in [3.05, 3.63) is 35.6 Å². The summed E-state index contributed by atoms with van der Waals surface area (Å²) >= 11 is 0. The molecule has 0 aliphatic heterocycles. The van der Waals surface area contributed by atoms with Gasteiger partial charge in [0.25, 0.3) is 0 Å². The third kappa shape index (κ3) is 5.33. The number of hydrogen-bond acceptors (Lipinski definition) is 3. The van der Waals surface area contributed by atoms with Gasteiger partial charge in [0, 0.05) is 27.2 Å². The first-order chi connectivity index (χ1) is 10.3. The quantitative estimate of drug-likeness (QED) is 0.805. The first-order valence-electron chi connectivity index (χ1n) is 6.85. The predicted octanol–water partition coefficient (Wildman–Crippen LogP) is 1.88. The van der Waals surface area contributed by atoms with Gasteiger partial charge in [0.1, 0.15) is 5.82 Å². The number of ether oxygens (including phenoxy) is 1. The average Bonchev–Trinajstić information content (AvgIpc) is 2.48. The molecular weight excluding hydrogens is 291 g/mol. The topological polar surface area (TPSA) is 78.9 Å². The van der Waals surface area contributed by atoms with Crippen molar-refractivity contribution in [3.63, 3.8) is 0 Å². The number of aliphatic carboxylic acids is 1. The summed E-state index contributed by atoms with van der Waals surface area (Å²) in [5.41, 5.74) is 0.741. The number of halogens is 1. The predicted molar refractivity (Wildman–Crippen MR) is 79.0 cm³/mol. The molecule has 2 unspecified atom stereocenters. The Morgan fingerprint density at radius 1 is 1.36 bits per heavy atom. The second-order valence-corrected chi connectivity index (χ2v) is 5.08. The number of amides is 2. The van der Waals surface area contributed by atoms with E-state index >= 15 is 0 Å². The van der Waals surface area contributed by atoms with Gasteiger partial charge in [-0.05, 0) is 17.7 Å². The maximum Gasteiger partial charge on any atom is 0.317 e. The van der Waals surface area contributed by atoms with Crippen LogP contribution in [0.1, 0.15) is 18.6 Å². The van der Waals surface area contributed by atoms with Crippen LogP contribution >= 0.6 is 0 Å². The number of carboxylic acids is 1. The normalized spacial score (nSPS) is 13.3. The molecule has 122 valence electrons. The highest BCUT2D eigenvalue weighted by Gasteiger charge is 2.18. The van der Waals surface area contributed by atoms with E-state index in [1.807, 2.05) is 0 Å². The number of carbonyl (C=O) groups is 2. The summed E-state index contributed by atoms with van der Waals surface area (Å²) in [5, 5.41) is 11.5. The maximum absolute atomic E-state index is 12.9. The number of rotatable bonds is 7. The zero-order valence-electron chi connectivity index (χ0n) is 12.9. The highest BCUT2D eigenvalue weighted by Crippen LogP contribution is 2.16. The zero-order valence-corrected chi connectivity index (χ0v) is 12.9. The number of nitrogens with zero attached hydrogens (tertiary/aromatic N) is 1. The Hall–Kier alpha value is -2.15. The van der Waals surface area contributed by atoms with E-state index in [4.69, 9.17) is 9.84 Å². The van der Waals surface area contributed by atoms with Crippen molar-refractivity contribution in [3.8, 4) is 0 Å². The van der Waals surface area contributed by atoms with Crippen LogP contribution in [0, 0.1) is 11.7 Å². The third-order valence-electron chi connectivity index (χ3n) is 3.28. The SMILES string of the molecule is COC(CNC(=O)N(C)CC(C)C(=O)O)c1ccc(F)cc1. The molecule has 0 spiro atoms. The molecular formula is C15H21FN2O4. The number of methoxy groups -OCH3 is 1. The summed E-state index contributed by atoms with van der Waals surface area (Å²) < 4.78 is 18.2. The Labute approximate surface area is 128 Å². The van der Waals surface area contributed by atoms with E-state index in [0.29, 0.717) is 0 Å². The maximum atomic E-state index is 12.9. The number of benzene rings is 1. The highest BCUT2D eigenvalue weighted by atomic mass is 19.1. The molecule has 0 aliphatic carbocycles. The first-order valence-corrected chi connectivity index (χ1v) is 6.85. The summed E-state index contributed by atoms with van der Waals surface area (Å²) in [6, 6.07) is 5.43. The van der Waals surface area contributed by atoms with Crippen LogP contribution < -0.4 is 5.32 Å². The van der Waals surface area contributed by atoms with Gasteiger partial charge in [-0.25, -0.2) is 9.18 Å². The Morgan fingerprint density at radius 2 is 1.95 bits per heavy atom. The molecule has 0 aliphatic rings. The van der Waals surface area contributed by atoms with Gasteiger partial charge < -0.3 is 20.1 Å². The van der Waals surface area contributed by atoms with E-state index < -0.39 is 24.0 Å². The van der Waals surface area contributed by atoms with Gasteiger partial charge in [-0.15, -0.1) is 0 Å². The lowest BCUT2D eigenvalue weighted by atomic mass is 10.1. The molecule has 6 nitrogen and oxygen atoms in total. The molecule has 2 atom stereocenters. The lowest BCUT2D eigenvalue weighted by molar-refractivity contribution is -0.141. The number of carbonyl (C=O) groups excluding carboxylic acids is 1. The van der Waals surface area contributed by atoms with E-state index in [-0.39, 0.29) is 18.9 Å². The van der Waals surface area contributed by atoms with Crippen LogP contribution in [0.2, 0.25) is 0 Å². The molecule has 0 saturated heterocycles. The standard InChI is InChI=1S/C15H21FN2O4/c1-10(14(19)20)9-18(2)15(21)17-8-13(22-3)11-4-6-12(16)7-5-11/h4-7,10,13H,8-9H2,1-3H3,(H,17,21)(H,19,20). The van der Waals surface area contributed by atoms with Gasteiger partial charge in [0.15, 0.2) is 0 Å². The van der Waals surface area contributed by atoms with E-state index in [1.54, 1.807) is 12.1 Å². The average molecular weight is 312 g/mol. The molecule has 22 heavy (non-hydrogen) atoms. The van der Waals surface area contributed by atoms with Gasteiger partial charge in [-0.1, -0.05) is 19.1 Å². The van der Waals surface area contributed by atoms with Crippen LogP contribution in [-0.2, 0) is 9.53 Å². The number of urea groups is 1. The highest BCUT2D eigenvalue weighted by molar-refractivity contribution is 5.75. The van der Waals surface area contributed by atoms with Crippen LogP contribution in [0.3, 0.4) is 0 Å². The van der Waals surface area contributed by atoms with Gasteiger partial charge in [-0.3, -0.25) is 4.79 Å². The van der Waals surface area contributed by atoms with Crippen LogP contribution in [0.15, 0.2) is 24.3 Å². The molecule has 7 heteroatoms. The minimum Gasteiger partial charge on any atom is -0.481 e. The summed E-state index contributed by atoms with van der Waals surface area (Å²) in [6.07, 6.45) is -0.408. The van der Waals surface area contributed by atoms with Crippen molar-refractivity contribution in [2.45, 2.75) is 13.0 Å². The second-order valence-electron chi connectivity index (χ2n) is 5.08. The fourth-order valence-corrected chi connectivity index (χ4v) is 1.90. The monoisotopic (exact) mass is 312 g/mol. The molecule has 2 amide bonds. The molecule has 0 radical (unpaired) electrons. The lowest BCUT2D eigenvalue weighted by Crippen LogP contribution is -2.42. The van der Waals surface area contributed by atoms with Gasteiger partial charge >= 0.3 is 12.0 Å². The molecule has 0 bridgehead atoms. The minimum atomic E-state index is -0.958. The third-order valence-corrected chi connectivity index (χ3v) is 3.28. The first kappa shape index (κ1) is 17.9. The van der Waals surface area contributed by atoms with E-state index in [0.717, 1.165) is 5.56 Å². The smallest absolute Gasteiger partial charge is 0.317 e. The summed E-state index contributed by atoms with van der Waals surface area (Å²) in [4.78, 5) is 24.0. The minimum absolute atomic E-state index is 0.107. The molecule has 0 heterocycles. The number of hydrogen-bond donors (Lipinski definition) is 2. The Morgan fingerprint density at radius 3 is 2.45 bits per heavy atom. The Bertz CT molecular complexity index is 507. The largest absolute Gasteiger partial charge is 0.481 e. The molecule has 0 fully saturated rings. The fourth-order valence-electron chi connectivity index (χ4n) is 1.90. The summed E-state index contributed by atoms with van der Waals surface area (Å²) in [7, 11) is 3.02. The van der Waals surface area contributed by atoms with Crippen molar-refractivity contribution in [2.24, 2.45) is 5.92 Å². The molecule has 1 aromatic carbocycles. The Kier molecular flexibility index (Phi) is 6.78. The molecule has 0 aromatic heterocycles. The number of nitrogens with one attached hydrogen (secondary N) is 1. The zero-order chi connectivity index (χ0) is 16.7. The fraction of sp³-hybridized carbons (Fsp3) is 0.467. The van der Waals surface area contributed by atoms with Crippen LogP contribution in [0.5, 0.6) is 0 Å². The summed E-state index contributed by atoms with van der Waals surface area (Å²) in [6.45, 7) is 1.84. The van der Waals surface area contributed by atoms with E-state index in [2.05, 4.69) is 5.32 Å². The van der Waals surface area contributed by atoms with E-state index in [9.17, 15) is 14.0 Å². The van der Waals surface area contributed by atoms with Crippen molar-refractivity contribution < 1.29 is 23.8 Å². The Balaban J connectivity index is 2.53. The van der Waals surface area contributed by atoms with Gasteiger partial charge in [-0.2, -0.15) is 0 Å². The van der Waals surface area contributed by atoms with Crippen molar-refractivity contribution in [1.82, 2.24) is 10.2 Å². The summed E-state index contributed by atoms with van der Waals surface area (Å²) in [5.74, 6) is -1.95. The van der Waals surface area contributed by atoms with Crippen molar-refractivity contribution in [2.75, 3.05) is 27.2 Å². The lowest BCUT2D eigenvalue weighted by Gasteiger charge is -2.22. The molecule has 1 rings (SSSR count). The van der Waals surface area contributed by atoms with Crippen LogP contribution in [0.25, 0.3) is 0 Å². The van der Waals surface area contributed by atoms with Crippen LogP contribution in [0.4, 0.5) is 9.18 Å². The van der Waals surface area contributed by atoms with Gasteiger partial charge in [0.2, 0.25) is 0 Å². The van der Waals surface area contributed by atoms with Crippen molar-refractivity contribution >= 4 is 12.0 Å². The van der Waals surface area contributed by atoms with E-state index in [1.165, 1.54) is 38.1 Å². The second kappa shape index (κ2) is 8.33. The van der Waals surface area contributed by atoms with Crippen LogP contribution in [-0.4, -0.2) is 49.3 Å². The molecule has 0 saturated carbocycles. The molecule has 2 N–H and O–H groups in total.